The molecule has 2 aliphatic heterocycles. The Morgan fingerprint density at radius 2 is 2.54 bits per heavy atom. The van der Waals surface area contributed by atoms with Crippen molar-refractivity contribution in [2.24, 2.45) is 11.1 Å². The van der Waals surface area contributed by atoms with Crippen LogP contribution < -0.4 is 0 Å². The SMILES string of the molecule is COC(=O)C1ON=C2CCOCC21. The lowest BCUT2D eigenvalue weighted by molar-refractivity contribution is -0.155. The number of rotatable bonds is 1. The molecule has 0 aromatic carbocycles. The van der Waals surface area contributed by atoms with Gasteiger partial charge in [0.15, 0.2) is 0 Å². The van der Waals surface area contributed by atoms with Gasteiger partial charge in [-0.2, -0.15) is 0 Å². The average molecular weight is 185 g/mol. The number of esters is 1. The number of fused-ring (bicyclic) bond motifs is 1. The van der Waals surface area contributed by atoms with E-state index in [2.05, 4.69) is 9.89 Å². The van der Waals surface area contributed by atoms with Crippen LogP contribution in [0.5, 0.6) is 0 Å². The summed E-state index contributed by atoms with van der Waals surface area (Å²) in [5.41, 5.74) is 0.918. The largest absolute Gasteiger partial charge is 0.466 e. The molecule has 13 heavy (non-hydrogen) atoms. The molecule has 72 valence electrons. The van der Waals surface area contributed by atoms with Crippen LogP contribution in [-0.2, 0) is 19.1 Å². The summed E-state index contributed by atoms with van der Waals surface area (Å²) in [6.07, 6.45) is 0.151. The van der Waals surface area contributed by atoms with Gasteiger partial charge in [0.1, 0.15) is 0 Å². The Kier molecular flexibility index (Phi) is 2.18. The van der Waals surface area contributed by atoms with Crippen LogP contribution in [0.4, 0.5) is 0 Å². The summed E-state index contributed by atoms with van der Waals surface area (Å²) in [4.78, 5) is 16.2. The third kappa shape index (κ3) is 1.39. The maximum atomic E-state index is 11.2. The number of carbonyl (C=O) groups excluding carboxylic acids is 1. The molecule has 2 unspecified atom stereocenters. The molecule has 1 fully saturated rings. The highest BCUT2D eigenvalue weighted by atomic mass is 16.7. The molecular weight excluding hydrogens is 174 g/mol. The standard InChI is InChI=1S/C8H11NO4/c1-11-8(10)7-5-4-12-3-2-6(5)9-13-7/h5,7H,2-4H2,1H3. The maximum Gasteiger partial charge on any atom is 0.350 e. The van der Waals surface area contributed by atoms with Gasteiger partial charge in [-0.1, -0.05) is 5.16 Å². The quantitative estimate of drug-likeness (QED) is 0.537. The van der Waals surface area contributed by atoms with Crippen molar-refractivity contribution in [2.45, 2.75) is 12.5 Å². The molecule has 2 aliphatic rings. The topological polar surface area (TPSA) is 57.1 Å². The van der Waals surface area contributed by atoms with Crippen molar-refractivity contribution in [3.63, 3.8) is 0 Å². The van der Waals surface area contributed by atoms with Gasteiger partial charge in [0.05, 0.1) is 32.0 Å². The molecule has 0 aromatic rings. The van der Waals surface area contributed by atoms with Gasteiger partial charge < -0.3 is 14.3 Å². The average Bonchev–Trinajstić information content (AvgIpc) is 2.60. The van der Waals surface area contributed by atoms with Crippen molar-refractivity contribution in [3.8, 4) is 0 Å². The van der Waals surface area contributed by atoms with E-state index in [4.69, 9.17) is 9.57 Å². The van der Waals surface area contributed by atoms with E-state index in [1.165, 1.54) is 7.11 Å². The lowest BCUT2D eigenvalue weighted by Gasteiger charge is -2.20. The summed E-state index contributed by atoms with van der Waals surface area (Å²) >= 11 is 0. The summed E-state index contributed by atoms with van der Waals surface area (Å²) in [5.74, 6) is -0.421. The molecule has 0 spiro atoms. The Morgan fingerprint density at radius 3 is 3.31 bits per heavy atom. The second-order valence-corrected chi connectivity index (χ2v) is 3.06. The molecular formula is C8H11NO4. The maximum absolute atomic E-state index is 11.2. The highest BCUT2D eigenvalue weighted by Crippen LogP contribution is 2.24. The van der Waals surface area contributed by atoms with Gasteiger partial charge in [-0.25, -0.2) is 4.79 Å². The van der Waals surface area contributed by atoms with Gasteiger partial charge >= 0.3 is 5.97 Å². The molecule has 2 atom stereocenters. The normalized spacial score (nSPS) is 31.6. The van der Waals surface area contributed by atoms with Crippen LogP contribution in [-0.4, -0.2) is 38.1 Å². The number of hydrogen-bond donors (Lipinski definition) is 0. The fraction of sp³-hybridized carbons (Fsp3) is 0.750. The van der Waals surface area contributed by atoms with Crippen LogP contribution >= 0.6 is 0 Å². The first-order valence-corrected chi connectivity index (χ1v) is 4.21. The van der Waals surface area contributed by atoms with E-state index in [1.54, 1.807) is 0 Å². The zero-order valence-corrected chi connectivity index (χ0v) is 7.36. The van der Waals surface area contributed by atoms with E-state index in [-0.39, 0.29) is 11.9 Å². The summed E-state index contributed by atoms with van der Waals surface area (Å²) in [5, 5.41) is 3.84. The number of ether oxygens (including phenoxy) is 2. The number of methoxy groups -OCH3 is 1. The predicted molar refractivity (Wildman–Crippen MR) is 43.3 cm³/mol. The molecule has 0 radical (unpaired) electrons. The molecule has 0 amide bonds. The van der Waals surface area contributed by atoms with Gasteiger partial charge in [0.2, 0.25) is 6.10 Å². The van der Waals surface area contributed by atoms with Crippen LogP contribution in [0.25, 0.3) is 0 Å². The minimum absolute atomic E-state index is 0.0406. The van der Waals surface area contributed by atoms with Crippen molar-refractivity contribution >= 4 is 11.7 Å². The Bertz CT molecular complexity index is 251. The third-order valence-corrected chi connectivity index (χ3v) is 2.31. The minimum atomic E-state index is -0.597. The fourth-order valence-corrected chi connectivity index (χ4v) is 1.57. The first-order chi connectivity index (χ1) is 6.33. The lowest BCUT2D eigenvalue weighted by Crippen LogP contribution is -2.38. The Hall–Kier alpha value is -1.10. The first-order valence-electron chi connectivity index (χ1n) is 4.21. The Labute approximate surface area is 75.6 Å². The molecule has 2 heterocycles. The van der Waals surface area contributed by atoms with Crippen molar-refractivity contribution in [3.05, 3.63) is 0 Å². The van der Waals surface area contributed by atoms with Crippen LogP contribution in [0.1, 0.15) is 6.42 Å². The Balaban J connectivity index is 2.07. The van der Waals surface area contributed by atoms with E-state index in [1.807, 2.05) is 0 Å². The zero-order valence-electron chi connectivity index (χ0n) is 7.36. The van der Waals surface area contributed by atoms with E-state index in [9.17, 15) is 4.79 Å². The van der Waals surface area contributed by atoms with Gasteiger partial charge in [-0.05, 0) is 0 Å². The van der Waals surface area contributed by atoms with Gasteiger partial charge in [0.25, 0.3) is 0 Å². The summed E-state index contributed by atoms with van der Waals surface area (Å²) < 4.78 is 9.83. The van der Waals surface area contributed by atoms with E-state index in [0.717, 1.165) is 12.1 Å². The second-order valence-electron chi connectivity index (χ2n) is 3.06. The van der Waals surface area contributed by atoms with Crippen LogP contribution in [0.15, 0.2) is 5.16 Å². The molecule has 5 heteroatoms. The molecule has 0 aliphatic carbocycles. The smallest absolute Gasteiger partial charge is 0.350 e. The number of carbonyl (C=O) groups is 1. The highest BCUT2D eigenvalue weighted by Gasteiger charge is 2.41. The highest BCUT2D eigenvalue weighted by molar-refractivity contribution is 5.93. The number of hydrogen-bond acceptors (Lipinski definition) is 5. The van der Waals surface area contributed by atoms with E-state index < -0.39 is 6.10 Å². The minimum Gasteiger partial charge on any atom is -0.466 e. The van der Waals surface area contributed by atoms with E-state index in [0.29, 0.717) is 13.2 Å². The zero-order chi connectivity index (χ0) is 9.26. The lowest BCUT2D eigenvalue weighted by atomic mass is 9.95. The van der Waals surface area contributed by atoms with E-state index >= 15 is 0 Å². The monoisotopic (exact) mass is 185 g/mol. The number of oxime groups is 1. The Morgan fingerprint density at radius 1 is 1.69 bits per heavy atom. The van der Waals surface area contributed by atoms with Crippen LogP contribution in [0.3, 0.4) is 0 Å². The molecule has 5 nitrogen and oxygen atoms in total. The molecule has 0 bridgehead atoms. The van der Waals surface area contributed by atoms with Gasteiger partial charge in [0, 0.05) is 6.42 Å². The van der Waals surface area contributed by atoms with Gasteiger partial charge in [-0.3, -0.25) is 0 Å². The predicted octanol–water partition coefficient (Wildman–Crippen LogP) is -0.0493. The van der Waals surface area contributed by atoms with Crippen LogP contribution in [0.2, 0.25) is 0 Å². The first kappa shape index (κ1) is 8.50. The fourth-order valence-electron chi connectivity index (χ4n) is 1.57. The summed E-state index contributed by atoms with van der Waals surface area (Å²) in [6.45, 7) is 1.16. The van der Waals surface area contributed by atoms with Crippen molar-refractivity contribution in [1.82, 2.24) is 0 Å². The molecule has 0 saturated carbocycles. The molecule has 2 rings (SSSR count). The van der Waals surface area contributed by atoms with Crippen LogP contribution in [0, 0.1) is 5.92 Å². The third-order valence-electron chi connectivity index (χ3n) is 2.31. The van der Waals surface area contributed by atoms with Crippen molar-refractivity contribution < 1.29 is 19.1 Å². The summed E-state index contributed by atoms with van der Waals surface area (Å²) in [6, 6.07) is 0. The summed E-state index contributed by atoms with van der Waals surface area (Å²) in [7, 11) is 1.34. The molecule has 1 saturated heterocycles. The van der Waals surface area contributed by atoms with Gasteiger partial charge in [-0.15, -0.1) is 0 Å². The second kappa shape index (κ2) is 3.33. The number of nitrogens with zero attached hydrogens (tertiary/aromatic N) is 1. The molecule has 0 N–H and O–H groups in total. The van der Waals surface area contributed by atoms with Crippen molar-refractivity contribution in [1.29, 1.82) is 0 Å². The van der Waals surface area contributed by atoms with Crippen molar-refractivity contribution in [2.75, 3.05) is 20.3 Å². The molecule has 0 aromatic heterocycles.